The molecular weight excluding hydrogens is 343 g/mol. The molecule has 27 heavy (non-hydrogen) atoms. The summed E-state index contributed by atoms with van der Waals surface area (Å²) in [4.78, 5) is 16.1. The molecule has 0 atom stereocenters. The summed E-state index contributed by atoms with van der Waals surface area (Å²) in [5, 5.41) is 2.64. The van der Waals surface area contributed by atoms with Crippen molar-refractivity contribution in [2.45, 2.75) is 20.5 Å². The van der Waals surface area contributed by atoms with Crippen molar-refractivity contribution in [3.05, 3.63) is 82.9 Å². The topological polar surface area (TPSA) is 51.2 Å². The third-order valence-electron chi connectivity index (χ3n) is 4.38. The fourth-order valence-corrected chi connectivity index (χ4v) is 2.79. The lowest BCUT2D eigenvalue weighted by molar-refractivity contribution is 0.0962. The zero-order valence-corrected chi connectivity index (χ0v) is 15.5. The Hall–Kier alpha value is -3.21. The van der Waals surface area contributed by atoms with Crippen LogP contribution in [0.15, 0.2) is 54.9 Å². The minimum absolute atomic E-state index is 0.107. The maximum absolute atomic E-state index is 13.6. The Labute approximate surface area is 158 Å². The van der Waals surface area contributed by atoms with E-state index in [0.717, 1.165) is 22.3 Å². The van der Waals surface area contributed by atoms with Gasteiger partial charge in [-0.3, -0.25) is 9.78 Å². The fourth-order valence-electron chi connectivity index (χ4n) is 2.79. The highest BCUT2D eigenvalue weighted by atomic mass is 19.1. The number of halogens is 1. The van der Waals surface area contributed by atoms with Gasteiger partial charge in [-0.05, 0) is 48.7 Å². The summed E-state index contributed by atoms with van der Waals surface area (Å²) in [7, 11) is 1.61. The molecule has 0 unspecified atom stereocenters. The van der Waals surface area contributed by atoms with Crippen molar-refractivity contribution in [2.24, 2.45) is 0 Å². The zero-order chi connectivity index (χ0) is 19.4. The number of hydrogen-bond acceptors (Lipinski definition) is 3. The maximum atomic E-state index is 13.6. The summed E-state index contributed by atoms with van der Waals surface area (Å²) >= 11 is 0. The average molecular weight is 364 g/mol. The van der Waals surface area contributed by atoms with Gasteiger partial charge in [0.25, 0.3) is 5.91 Å². The second-order valence-electron chi connectivity index (χ2n) is 6.39. The largest absolute Gasteiger partial charge is 0.489 e. The van der Waals surface area contributed by atoms with Crippen molar-refractivity contribution in [3.8, 4) is 16.9 Å². The lowest BCUT2D eigenvalue weighted by atomic mass is 10.00. The molecule has 3 aromatic rings. The smallest absolute Gasteiger partial charge is 0.251 e. The summed E-state index contributed by atoms with van der Waals surface area (Å²) < 4.78 is 19.3. The Morgan fingerprint density at radius 2 is 1.85 bits per heavy atom. The highest BCUT2D eigenvalue weighted by molar-refractivity contribution is 5.96. The van der Waals surface area contributed by atoms with Gasteiger partial charge in [-0.25, -0.2) is 4.39 Å². The van der Waals surface area contributed by atoms with Gasteiger partial charge in [0.05, 0.1) is 0 Å². The lowest BCUT2D eigenvalue weighted by Crippen LogP contribution is -2.18. The van der Waals surface area contributed by atoms with Crippen LogP contribution in [0.1, 0.15) is 27.0 Å². The second-order valence-corrected chi connectivity index (χ2v) is 6.39. The number of benzene rings is 2. The predicted octanol–water partition coefficient (Wildman–Crippen LogP) is 4.44. The first-order valence-corrected chi connectivity index (χ1v) is 8.64. The van der Waals surface area contributed by atoms with Crippen LogP contribution in [0, 0.1) is 19.7 Å². The summed E-state index contributed by atoms with van der Waals surface area (Å²) in [5.74, 6) is 0.0880. The number of aryl methyl sites for hydroxylation is 2. The van der Waals surface area contributed by atoms with Gasteiger partial charge < -0.3 is 10.1 Å². The molecular formula is C22H21FN2O2. The van der Waals surface area contributed by atoms with E-state index in [2.05, 4.69) is 10.3 Å². The molecule has 5 heteroatoms. The first kappa shape index (κ1) is 18.6. The second kappa shape index (κ2) is 7.99. The SMILES string of the molecule is CNC(=O)c1ccc(-c2cncc(COc3ccc(C)c(F)c3)c2)cc1C. The van der Waals surface area contributed by atoms with E-state index in [-0.39, 0.29) is 11.7 Å². The minimum atomic E-state index is -0.286. The van der Waals surface area contributed by atoms with Crippen LogP contribution in [0.4, 0.5) is 4.39 Å². The van der Waals surface area contributed by atoms with Gasteiger partial charge in [0, 0.05) is 42.2 Å². The molecule has 0 bridgehead atoms. The number of nitrogens with zero attached hydrogens (tertiary/aromatic N) is 1. The number of amides is 1. The van der Waals surface area contributed by atoms with E-state index in [1.54, 1.807) is 38.5 Å². The first-order chi connectivity index (χ1) is 13.0. The third-order valence-corrected chi connectivity index (χ3v) is 4.38. The molecule has 0 spiro atoms. The highest BCUT2D eigenvalue weighted by Gasteiger charge is 2.09. The molecule has 138 valence electrons. The summed E-state index contributed by atoms with van der Waals surface area (Å²) in [6.07, 6.45) is 3.49. The number of carbonyl (C=O) groups is 1. The van der Waals surface area contributed by atoms with Crippen molar-refractivity contribution >= 4 is 5.91 Å². The summed E-state index contributed by atoms with van der Waals surface area (Å²) in [6, 6.07) is 12.5. The van der Waals surface area contributed by atoms with E-state index in [0.29, 0.717) is 23.5 Å². The van der Waals surface area contributed by atoms with E-state index >= 15 is 0 Å². The Morgan fingerprint density at radius 3 is 2.56 bits per heavy atom. The van der Waals surface area contributed by atoms with Crippen LogP contribution in [0.2, 0.25) is 0 Å². The molecule has 1 heterocycles. The van der Waals surface area contributed by atoms with E-state index in [4.69, 9.17) is 4.74 Å². The fraction of sp³-hybridized carbons (Fsp3) is 0.182. The normalized spacial score (nSPS) is 10.5. The molecule has 1 amide bonds. The number of pyridine rings is 1. The third kappa shape index (κ3) is 4.31. The zero-order valence-electron chi connectivity index (χ0n) is 15.5. The van der Waals surface area contributed by atoms with E-state index in [9.17, 15) is 9.18 Å². The van der Waals surface area contributed by atoms with Gasteiger partial charge in [0.2, 0.25) is 0 Å². The quantitative estimate of drug-likeness (QED) is 0.728. The number of hydrogen-bond donors (Lipinski definition) is 1. The molecule has 3 rings (SSSR count). The van der Waals surface area contributed by atoms with Crippen LogP contribution in [-0.4, -0.2) is 17.9 Å². The molecule has 1 aromatic heterocycles. The molecule has 0 saturated carbocycles. The Morgan fingerprint density at radius 1 is 1.04 bits per heavy atom. The number of ether oxygens (including phenoxy) is 1. The van der Waals surface area contributed by atoms with Gasteiger partial charge >= 0.3 is 0 Å². The van der Waals surface area contributed by atoms with Gasteiger partial charge in [-0.2, -0.15) is 0 Å². The number of rotatable bonds is 5. The number of aromatic nitrogens is 1. The molecule has 1 N–H and O–H groups in total. The van der Waals surface area contributed by atoms with Crippen LogP contribution < -0.4 is 10.1 Å². The van der Waals surface area contributed by atoms with E-state index in [1.807, 2.05) is 31.2 Å². The predicted molar refractivity (Wildman–Crippen MR) is 103 cm³/mol. The summed E-state index contributed by atoms with van der Waals surface area (Å²) in [6.45, 7) is 3.91. The lowest BCUT2D eigenvalue weighted by Gasteiger charge is -2.10. The van der Waals surface area contributed by atoms with Crippen LogP contribution in [0.3, 0.4) is 0 Å². The van der Waals surface area contributed by atoms with Gasteiger partial charge in [-0.1, -0.05) is 18.2 Å². The van der Waals surface area contributed by atoms with Crippen molar-refractivity contribution < 1.29 is 13.9 Å². The average Bonchev–Trinajstić information content (AvgIpc) is 2.68. The standard InChI is InChI=1S/C22H21FN2O2/c1-14-4-6-19(10-21(14)23)27-13-16-9-18(12-25-11-16)17-5-7-20(15(2)8-17)22(26)24-3/h4-12H,13H2,1-3H3,(H,24,26). The maximum Gasteiger partial charge on any atom is 0.251 e. The van der Waals surface area contributed by atoms with Crippen LogP contribution in [0.25, 0.3) is 11.1 Å². The van der Waals surface area contributed by atoms with Gasteiger partial charge in [-0.15, -0.1) is 0 Å². The summed E-state index contributed by atoms with van der Waals surface area (Å²) in [5.41, 5.74) is 4.90. The molecule has 0 saturated heterocycles. The molecule has 0 radical (unpaired) electrons. The van der Waals surface area contributed by atoms with Crippen molar-refractivity contribution in [2.75, 3.05) is 7.05 Å². The molecule has 2 aromatic carbocycles. The molecule has 0 aliphatic rings. The highest BCUT2D eigenvalue weighted by Crippen LogP contribution is 2.23. The van der Waals surface area contributed by atoms with Crippen LogP contribution >= 0.6 is 0 Å². The minimum Gasteiger partial charge on any atom is -0.489 e. The molecule has 4 nitrogen and oxygen atoms in total. The Balaban J connectivity index is 1.78. The van der Waals surface area contributed by atoms with Gasteiger partial charge in [0.15, 0.2) is 0 Å². The molecule has 0 aliphatic heterocycles. The van der Waals surface area contributed by atoms with Crippen LogP contribution in [0.5, 0.6) is 5.75 Å². The van der Waals surface area contributed by atoms with Crippen molar-refractivity contribution in [1.29, 1.82) is 0 Å². The Kier molecular flexibility index (Phi) is 5.50. The number of carbonyl (C=O) groups excluding carboxylic acids is 1. The number of nitrogens with one attached hydrogen (secondary N) is 1. The Bertz CT molecular complexity index is 986. The van der Waals surface area contributed by atoms with Crippen molar-refractivity contribution in [3.63, 3.8) is 0 Å². The van der Waals surface area contributed by atoms with Gasteiger partial charge in [0.1, 0.15) is 18.2 Å². The monoisotopic (exact) mass is 364 g/mol. The first-order valence-electron chi connectivity index (χ1n) is 8.64. The van der Waals surface area contributed by atoms with E-state index < -0.39 is 0 Å². The van der Waals surface area contributed by atoms with Crippen molar-refractivity contribution in [1.82, 2.24) is 10.3 Å². The van der Waals surface area contributed by atoms with E-state index in [1.165, 1.54) is 6.07 Å². The van der Waals surface area contributed by atoms with Crippen LogP contribution in [-0.2, 0) is 6.61 Å². The molecule has 0 aliphatic carbocycles. The molecule has 0 fully saturated rings.